The number of aryl methyl sites for hydroxylation is 2. The van der Waals surface area contributed by atoms with E-state index in [4.69, 9.17) is 0 Å². The second kappa shape index (κ2) is 5.94. The number of nitrogens with one attached hydrogen (secondary N) is 1. The van der Waals surface area contributed by atoms with Gasteiger partial charge >= 0.3 is 0 Å². The standard InChI is InChI=1S/C16H23N3O3/c1-11-9-13(20)12(10-18(11)4)14(21)19-7-5-16(2,6-8-19)15(22)17-3/h9-10H,5-8H2,1-4H3,(H,17,22). The van der Waals surface area contributed by atoms with Crippen molar-refractivity contribution >= 4 is 11.8 Å². The molecule has 0 atom stereocenters. The fourth-order valence-electron chi connectivity index (χ4n) is 2.79. The summed E-state index contributed by atoms with van der Waals surface area (Å²) in [7, 11) is 3.44. The SMILES string of the molecule is CNC(=O)C1(C)CCN(C(=O)c2cn(C)c(C)cc2=O)CC1. The lowest BCUT2D eigenvalue weighted by Crippen LogP contribution is -2.48. The highest BCUT2D eigenvalue weighted by Gasteiger charge is 2.37. The third kappa shape index (κ3) is 2.91. The van der Waals surface area contributed by atoms with E-state index in [9.17, 15) is 14.4 Å². The van der Waals surface area contributed by atoms with E-state index in [1.54, 1.807) is 22.7 Å². The summed E-state index contributed by atoms with van der Waals surface area (Å²) < 4.78 is 1.77. The number of carbonyl (C=O) groups is 2. The monoisotopic (exact) mass is 305 g/mol. The van der Waals surface area contributed by atoms with Crippen LogP contribution in [-0.4, -0.2) is 41.4 Å². The van der Waals surface area contributed by atoms with E-state index in [0.717, 1.165) is 5.69 Å². The number of amides is 2. The molecular formula is C16H23N3O3. The van der Waals surface area contributed by atoms with E-state index in [0.29, 0.717) is 25.9 Å². The zero-order chi connectivity index (χ0) is 16.5. The highest BCUT2D eigenvalue weighted by Crippen LogP contribution is 2.31. The Morgan fingerprint density at radius 3 is 2.41 bits per heavy atom. The molecule has 1 aliphatic heterocycles. The molecule has 1 fully saturated rings. The van der Waals surface area contributed by atoms with Crippen LogP contribution in [0.25, 0.3) is 0 Å². The fourth-order valence-corrected chi connectivity index (χ4v) is 2.79. The van der Waals surface area contributed by atoms with Crippen molar-refractivity contribution < 1.29 is 9.59 Å². The molecule has 1 aromatic rings. The van der Waals surface area contributed by atoms with Crippen LogP contribution in [0.15, 0.2) is 17.1 Å². The van der Waals surface area contributed by atoms with Crippen LogP contribution < -0.4 is 10.7 Å². The lowest BCUT2D eigenvalue weighted by Gasteiger charge is -2.37. The predicted molar refractivity (Wildman–Crippen MR) is 83.7 cm³/mol. The Hall–Kier alpha value is -2.11. The van der Waals surface area contributed by atoms with E-state index in [1.165, 1.54) is 6.07 Å². The van der Waals surface area contributed by atoms with Crippen LogP contribution in [-0.2, 0) is 11.8 Å². The van der Waals surface area contributed by atoms with E-state index in [-0.39, 0.29) is 22.8 Å². The van der Waals surface area contributed by atoms with Crippen molar-refractivity contribution in [1.29, 1.82) is 0 Å². The second-order valence-corrected chi connectivity index (χ2v) is 6.24. The van der Waals surface area contributed by atoms with Gasteiger partial charge < -0.3 is 14.8 Å². The summed E-state index contributed by atoms with van der Waals surface area (Å²) in [6.45, 7) is 4.71. The molecule has 6 nitrogen and oxygen atoms in total. The summed E-state index contributed by atoms with van der Waals surface area (Å²) in [5, 5.41) is 2.68. The van der Waals surface area contributed by atoms with Crippen molar-refractivity contribution in [3.63, 3.8) is 0 Å². The van der Waals surface area contributed by atoms with Crippen LogP contribution in [0, 0.1) is 12.3 Å². The molecule has 1 aliphatic rings. The Balaban J connectivity index is 2.15. The molecule has 1 saturated heterocycles. The number of pyridine rings is 1. The smallest absolute Gasteiger partial charge is 0.259 e. The summed E-state index contributed by atoms with van der Waals surface area (Å²) in [6.07, 6.45) is 2.79. The highest BCUT2D eigenvalue weighted by atomic mass is 16.2. The molecule has 120 valence electrons. The van der Waals surface area contributed by atoms with Crippen LogP contribution in [0.2, 0.25) is 0 Å². The van der Waals surface area contributed by atoms with E-state index in [2.05, 4.69) is 5.32 Å². The Morgan fingerprint density at radius 2 is 1.86 bits per heavy atom. The van der Waals surface area contributed by atoms with Crippen LogP contribution in [0.1, 0.15) is 35.8 Å². The van der Waals surface area contributed by atoms with Crippen molar-refractivity contribution in [2.75, 3.05) is 20.1 Å². The Labute approximate surface area is 130 Å². The predicted octanol–water partition coefficient (Wildman–Crippen LogP) is 0.682. The molecule has 0 spiro atoms. The first-order valence-electron chi connectivity index (χ1n) is 7.47. The van der Waals surface area contributed by atoms with Crippen molar-refractivity contribution in [3.05, 3.63) is 33.7 Å². The highest BCUT2D eigenvalue weighted by molar-refractivity contribution is 5.94. The van der Waals surface area contributed by atoms with Gasteiger partial charge in [0, 0.05) is 50.6 Å². The minimum absolute atomic E-state index is 0.00542. The molecule has 0 bridgehead atoms. The van der Waals surface area contributed by atoms with Crippen molar-refractivity contribution in [1.82, 2.24) is 14.8 Å². The van der Waals surface area contributed by atoms with Gasteiger partial charge in [-0.15, -0.1) is 0 Å². The number of hydrogen-bond acceptors (Lipinski definition) is 3. The zero-order valence-electron chi connectivity index (χ0n) is 13.6. The van der Waals surface area contributed by atoms with Crippen molar-refractivity contribution in [2.24, 2.45) is 12.5 Å². The molecule has 2 heterocycles. The summed E-state index contributed by atoms with van der Waals surface area (Å²) in [5.74, 6) is -0.245. The van der Waals surface area contributed by atoms with Crippen LogP contribution in [0.5, 0.6) is 0 Å². The van der Waals surface area contributed by atoms with Gasteiger partial charge in [-0.25, -0.2) is 0 Å². The van der Waals surface area contributed by atoms with Gasteiger partial charge in [0.05, 0.1) is 0 Å². The minimum atomic E-state index is -0.441. The topological polar surface area (TPSA) is 71.4 Å². The maximum Gasteiger partial charge on any atom is 0.259 e. The van der Waals surface area contributed by atoms with Crippen molar-refractivity contribution in [2.45, 2.75) is 26.7 Å². The Kier molecular flexibility index (Phi) is 4.39. The summed E-state index contributed by atoms with van der Waals surface area (Å²) >= 11 is 0. The molecule has 22 heavy (non-hydrogen) atoms. The molecule has 1 N–H and O–H groups in total. The van der Waals surface area contributed by atoms with Gasteiger partial charge in [0.2, 0.25) is 5.91 Å². The summed E-state index contributed by atoms with van der Waals surface area (Å²) in [5.41, 5.74) is 0.313. The molecular weight excluding hydrogens is 282 g/mol. The van der Waals surface area contributed by atoms with Crippen LogP contribution in [0.3, 0.4) is 0 Å². The number of likely N-dealkylation sites (tertiary alicyclic amines) is 1. The normalized spacial score (nSPS) is 17.2. The number of aromatic nitrogens is 1. The average Bonchev–Trinajstić information content (AvgIpc) is 2.50. The maximum absolute atomic E-state index is 12.5. The summed E-state index contributed by atoms with van der Waals surface area (Å²) in [6, 6.07) is 1.48. The van der Waals surface area contributed by atoms with Gasteiger partial charge in [0.15, 0.2) is 5.43 Å². The quantitative estimate of drug-likeness (QED) is 0.873. The zero-order valence-corrected chi connectivity index (χ0v) is 13.6. The number of hydrogen-bond donors (Lipinski definition) is 1. The van der Waals surface area contributed by atoms with Gasteiger partial charge in [0.1, 0.15) is 5.56 Å². The summed E-state index contributed by atoms with van der Waals surface area (Å²) in [4.78, 5) is 38.1. The Bertz CT molecular complexity index is 655. The molecule has 0 unspecified atom stereocenters. The van der Waals surface area contributed by atoms with Gasteiger partial charge in [-0.1, -0.05) is 6.92 Å². The maximum atomic E-state index is 12.5. The fraction of sp³-hybridized carbons (Fsp3) is 0.562. The molecule has 1 aromatic heterocycles. The molecule has 0 radical (unpaired) electrons. The Morgan fingerprint density at radius 1 is 1.27 bits per heavy atom. The van der Waals surface area contributed by atoms with Gasteiger partial charge in [-0.3, -0.25) is 14.4 Å². The van der Waals surface area contributed by atoms with E-state index < -0.39 is 5.41 Å². The molecule has 0 aliphatic carbocycles. The largest absolute Gasteiger partial charge is 0.359 e. The first kappa shape index (κ1) is 16.3. The molecule has 2 amide bonds. The molecule has 6 heteroatoms. The van der Waals surface area contributed by atoms with E-state index >= 15 is 0 Å². The number of rotatable bonds is 2. The van der Waals surface area contributed by atoms with Crippen LogP contribution >= 0.6 is 0 Å². The molecule has 0 saturated carbocycles. The second-order valence-electron chi connectivity index (χ2n) is 6.24. The van der Waals surface area contributed by atoms with Gasteiger partial charge in [0.25, 0.3) is 5.91 Å². The molecule has 2 rings (SSSR count). The number of carbonyl (C=O) groups excluding carboxylic acids is 2. The first-order chi connectivity index (χ1) is 10.3. The van der Waals surface area contributed by atoms with Gasteiger partial charge in [-0.2, -0.15) is 0 Å². The van der Waals surface area contributed by atoms with Crippen LogP contribution in [0.4, 0.5) is 0 Å². The number of nitrogens with zero attached hydrogens (tertiary/aromatic N) is 2. The minimum Gasteiger partial charge on any atom is -0.359 e. The van der Waals surface area contributed by atoms with Gasteiger partial charge in [-0.05, 0) is 19.8 Å². The third-order valence-corrected chi connectivity index (χ3v) is 4.64. The lowest BCUT2D eigenvalue weighted by molar-refractivity contribution is -0.131. The number of piperidine rings is 1. The average molecular weight is 305 g/mol. The third-order valence-electron chi connectivity index (χ3n) is 4.64. The first-order valence-corrected chi connectivity index (χ1v) is 7.47. The van der Waals surface area contributed by atoms with E-state index in [1.807, 2.05) is 20.9 Å². The lowest BCUT2D eigenvalue weighted by atomic mass is 9.79. The van der Waals surface area contributed by atoms with Crippen molar-refractivity contribution in [3.8, 4) is 0 Å². The molecule has 0 aromatic carbocycles.